The Hall–Kier alpha value is -3.52. The number of amides is 1. The molecule has 1 aromatic heterocycles. The van der Waals surface area contributed by atoms with E-state index >= 15 is 0 Å². The lowest BCUT2D eigenvalue weighted by Gasteiger charge is -2.14. The molecule has 0 atom stereocenters. The van der Waals surface area contributed by atoms with Gasteiger partial charge in [-0.1, -0.05) is 23.7 Å². The Labute approximate surface area is 179 Å². The number of para-hydroxylation sites is 1. The molecule has 2 N–H and O–H groups in total. The number of methoxy groups -OCH3 is 2. The molecule has 9 heteroatoms. The number of hydrogen-bond donors (Lipinski definition) is 2. The van der Waals surface area contributed by atoms with E-state index in [4.69, 9.17) is 25.8 Å². The minimum atomic E-state index is -0.282. The molecule has 30 heavy (non-hydrogen) atoms. The molecule has 1 amide bonds. The molecule has 0 saturated heterocycles. The third-order valence-corrected chi connectivity index (χ3v) is 4.46. The van der Waals surface area contributed by atoms with E-state index in [0.29, 0.717) is 28.5 Å². The molecule has 156 valence electrons. The first-order valence-electron chi connectivity index (χ1n) is 8.98. The van der Waals surface area contributed by atoms with Crippen LogP contribution in [0, 0.1) is 6.92 Å². The molecular weight excluding hydrogens is 408 g/mol. The van der Waals surface area contributed by atoms with Crippen molar-refractivity contribution in [1.29, 1.82) is 0 Å². The number of carbonyl (C=O) groups is 1. The van der Waals surface area contributed by atoms with E-state index < -0.39 is 0 Å². The Morgan fingerprint density at radius 2 is 1.87 bits per heavy atom. The Kier molecular flexibility index (Phi) is 6.58. The van der Waals surface area contributed by atoms with Crippen LogP contribution in [-0.2, 0) is 0 Å². The summed E-state index contributed by atoms with van der Waals surface area (Å²) in [6.07, 6.45) is 1.42. The first-order chi connectivity index (χ1) is 14.5. The quantitative estimate of drug-likeness (QED) is 0.577. The van der Waals surface area contributed by atoms with Crippen LogP contribution < -0.4 is 24.8 Å². The van der Waals surface area contributed by atoms with Crippen LogP contribution in [0.1, 0.15) is 15.9 Å². The highest BCUT2D eigenvalue weighted by atomic mass is 35.5. The highest BCUT2D eigenvalue weighted by Crippen LogP contribution is 2.35. The maximum atomic E-state index is 12.1. The third-order valence-electron chi connectivity index (χ3n) is 4.20. The van der Waals surface area contributed by atoms with Crippen LogP contribution in [0.5, 0.6) is 23.1 Å². The number of ether oxygens (including phenoxy) is 3. The van der Waals surface area contributed by atoms with Crippen molar-refractivity contribution in [3.8, 4) is 23.1 Å². The van der Waals surface area contributed by atoms with E-state index in [1.807, 2.05) is 13.0 Å². The molecular formula is C21H21ClN4O4. The van der Waals surface area contributed by atoms with Gasteiger partial charge in [0, 0.05) is 18.8 Å². The molecule has 3 aromatic rings. The smallest absolute Gasteiger partial charge is 0.254 e. The second kappa shape index (κ2) is 9.32. The summed E-state index contributed by atoms with van der Waals surface area (Å²) in [4.78, 5) is 20.6. The van der Waals surface area contributed by atoms with Crippen molar-refractivity contribution in [2.75, 3.05) is 26.6 Å². The van der Waals surface area contributed by atoms with Gasteiger partial charge in [-0.3, -0.25) is 4.79 Å². The fourth-order valence-electron chi connectivity index (χ4n) is 2.82. The number of halogens is 1. The van der Waals surface area contributed by atoms with Gasteiger partial charge in [0.25, 0.3) is 5.91 Å². The van der Waals surface area contributed by atoms with E-state index in [9.17, 15) is 4.79 Å². The summed E-state index contributed by atoms with van der Waals surface area (Å²) in [5.41, 5.74) is 1.94. The van der Waals surface area contributed by atoms with Crippen molar-refractivity contribution < 1.29 is 19.0 Å². The Morgan fingerprint density at radius 3 is 2.57 bits per heavy atom. The van der Waals surface area contributed by atoms with Gasteiger partial charge < -0.3 is 24.8 Å². The lowest BCUT2D eigenvalue weighted by molar-refractivity contribution is 0.0960. The molecule has 1 heterocycles. The number of carbonyl (C=O) groups excluding carboxylic acids is 1. The average Bonchev–Trinajstić information content (AvgIpc) is 2.75. The fraction of sp³-hybridized carbons (Fsp3) is 0.190. The molecule has 0 saturated carbocycles. The maximum absolute atomic E-state index is 12.1. The molecule has 0 fully saturated rings. The van der Waals surface area contributed by atoms with Crippen molar-refractivity contribution in [3.05, 3.63) is 58.7 Å². The molecule has 8 nitrogen and oxygen atoms in total. The van der Waals surface area contributed by atoms with Crippen molar-refractivity contribution in [3.63, 3.8) is 0 Å². The zero-order chi connectivity index (χ0) is 21.7. The van der Waals surface area contributed by atoms with Gasteiger partial charge in [0.15, 0.2) is 11.5 Å². The molecule has 0 radical (unpaired) electrons. The number of nitrogens with one attached hydrogen (secondary N) is 2. The molecule has 0 aliphatic rings. The monoisotopic (exact) mass is 428 g/mol. The summed E-state index contributed by atoms with van der Waals surface area (Å²) in [7, 11) is 4.69. The van der Waals surface area contributed by atoms with Crippen LogP contribution in [0.4, 0.5) is 11.6 Å². The van der Waals surface area contributed by atoms with Gasteiger partial charge in [-0.15, -0.1) is 0 Å². The molecule has 0 spiro atoms. The van der Waals surface area contributed by atoms with E-state index in [2.05, 4.69) is 20.6 Å². The summed E-state index contributed by atoms with van der Waals surface area (Å²) >= 11 is 6.21. The molecule has 2 aromatic carbocycles. The Balaban J connectivity index is 1.90. The maximum Gasteiger partial charge on any atom is 0.254 e. The number of benzene rings is 2. The Bertz CT molecular complexity index is 1070. The van der Waals surface area contributed by atoms with Gasteiger partial charge in [0.1, 0.15) is 10.8 Å². The Morgan fingerprint density at radius 1 is 1.10 bits per heavy atom. The number of rotatable bonds is 7. The van der Waals surface area contributed by atoms with E-state index in [-0.39, 0.29) is 22.8 Å². The van der Waals surface area contributed by atoms with Gasteiger partial charge in [-0.25, -0.2) is 4.98 Å². The predicted octanol–water partition coefficient (Wildman–Crippen LogP) is 4.35. The van der Waals surface area contributed by atoms with Gasteiger partial charge >= 0.3 is 0 Å². The van der Waals surface area contributed by atoms with Crippen LogP contribution in [0.2, 0.25) is 5.02 Å². The average molecular weight is 429 g/mol. The van der Waals surface area contributed by atoms with Crippen molar-refractivity contribution in [2.24, 2.45) is 0 Å². The van der Waals surface area contributed by atoms with E-state index in [0.717, 1.165) is 5.56 Å². The first-order valence-corrected chi connectivity index (χ1v) is 9.35. The molecule has 0 bridgehead atoms. The molecule has 0 unspecified atom stereocenters. The van der Waals surface area contributed by atoms with Crippen molar-refractivity contribution in [2.45, 2.75) is 6.92 Å². The van der Waals surface area contributed by atoms with Gasteiger partial charge in [-0.05, 0) is 30.7 Å². The lowest BCUT2D eigenvalue weighted by Crippen LogP contribution is -2.18. The highest BCUT2D eigenvalue weighted by Gasteiger charge is 2.15. The normalized spacial score (nSPS) is 10.3. The first kappa shape index (κ1) is 21.2. The SMILES string of the molecule is CNC(=O)c1ccccc1Oc1nc(Nc2cc(C)c(OC)c(OC)c2)ncc1Cl. The van der Waals surface area contributed by atoms with Crippen LogP contribution in [0.3, 0.4) is 0 Å². The number of anilines is 2. The largest absolute Gasteiger partial charge is 0.493 e. The van der Waals surface area contributed by atoms with Gasteiger partial charge in [0.05, 0.1) is 26.0 Å². The minimum absolute atomic E-state index is 0.114. The molecule has 0 aliphatic heterocycles. The van der Waals surface area contributed by atoms with Crippen LogP contribution >= 0.6 is 11.6 Å². The van der Waals surface area contributed by atoms with E-state index in [1.54, 1.807) is 51.6 Å². The predicted molar refractivity (Wildman–Crippen MR) is 115 cm³/mol. The zero-order valence-electron chi connectivity index (χ0n) is 16.9. The number of aromatic nitrogens is 2. The van der Waals surface area contributed by atoms with Crippen LogP contribution in [0.15, 0.2) is 42.6 Å². The second-order valence-corrected chi connectivity index (χ2v) is 6.58. The topological polar surface area (TPSA) is 94.6 Å². The zero-order valence-corrected chi connectivity index (χ0v) is 17.7. The summed E-state index contributed by atoms with van der Waals surface area (Å²) in [6, 6.07) is 10.4. The minimum Gasteiger partial charge on any atom is -0.493 e. The van der Waals surface area contributed by atoms with Gasteiger partial charge in [-0.2, -0.15) is 4.98 Å². The molecule has 3 rings (SSSR count). The molecule has 0 aliphatic carbocycles. The van der Waals surface area contributed by atoms with Crippen LogP contribution in [0.25, 0.3) is 0 Å². The number of aryl methyl sites for hydroxylation is 1. The number of nitrogens with zero attached hydrogens (tertiary/aromatic N) is 2. The third kappa shape index (κ3) is 4.55. The summed E-state index contributed by atoms with van der Waals surface area (Å²) in [6.45, 7) is 1.90. The van der Waals surface area contributed by atoms with Crippen molar-refractivity contribution >= 4 is 29.1 Å². The summed E-state index contributed by atoms with van der Waals surface area (Å²) in [5, 5.41) is 5.87. The summed E-state index contributed by atoms with van der Waals surface area (Å²) < 4.78 is 16.6. The number of hydrogen-bond acceptors (Lipinski definition) is 7. The van der Waals surface area contributed by atoms with Gasteiger partial charge in [0.2, 0.25) is 11.8 Å². The second-order valence-electron chi connectivity index (χ2n) is 6.18. The van der Waals surface area contributed by atoms with E-state index in [1.165, 1.54) is 6.20 Å². The highest BCUT2D eigenvalue weighted by molar-refractivity contribution is 6.31. The standard InChI is InChI=1S/C21H21ClN4O4/c1-12-9-13(10-17(28-3)18(12)29-4)25-21-24-11-15(22)20(26-21)30-16-8-6-5-7-14(16)19(27)23-2/h5-11H,1-4H3,(H,23,27)(H,24,25,26). The summed E-state index contributed by atoms with van der Waals surface area (Å²) in [5.74, 6) is 1.64. The van der Waals surface area contributed by atoms with Crippen molar-refractivity contribution in [1.82, 2.24) is 15.3 Å². The lowest BCUT2D eigenvalue weighted by atomic mass is 10.2. The van der Waals surface area contributed by atoms with Crippen LogP contribution in [-0.4, -0.2) is 37.1 Å². The fourth-order valence-corrected chi connectivity index (χ4v) is 2.95.